The predicted molar refractivity (Wildman–Crippen MR) is 84.8 cm³/mol. The minimum absolute atomic E-state index is 0.0160. The molecule has 2 rings (SSSR count). The van der Waals surface area contributed by atoms with Crippen LogP contribution in [-0.4, -0.2) is 59.2 Å². The highest BCUT2D eigenvalue weighted by Crippen LogP contribution is 2.15. The second-order valence-corrected chi connectivity index (χ2v) is 5.35. The standard InChI is InChI=1S/C15H19N3O6/c19-14(17-8-9-24-10-13(17)15(20)21)2-1-7-16-11-3-5-12(6-4-11)18(22)23/h3-6,13,16H,1-2,7-10H2,(H,20,21). The number of amides is 1. The van der Waals surface area contributed by atoms with Crippen LogP contribution in [0.2, 0.25) is 0 Å². The number of carboxylic acid groups (broad SMARTS) is 1. The average molecular weight is 337 g/mol. The molecule has 130 valence electrons. The van der Waals surface area contributed by atoms with E-state index in [9.17, 15) is 19.7 Å². The van der Waals surface area contributed by atoms with Gasteiger partial charge in [0.1, 0.15) is 0 Å². The van der Waals surface area contributed by atoms with Gasteiger partial charge in [-0.1, -0.05) is 0 Å². The van der Waals surface area contributed by atoms with Crippen LogP contribution in [0.4, 0.5) is 11.4 Å². The van der Waals surface area contributed by atoms with Gasteiger partial charge in [0.05, 0.1) is 18.1 Å². The summed E-state index contributed by atoms with van der Waals surface area (Å²) in [5.74, 6) is -1.27. The summed E-state index contributed by atoms with van der Waals surface area (Å²) < 4.78 is 5.10. The molecule has 1 atom stereocenters. The van der Waals surface area contributed by atoms with E-state index in [0.717, 1.165) is 5.69 Å². The van der Waals surface area contributed by atoms with Crippen LogP contribution in [0.15, 0.2) is 24.3 Å². The van der Waals surface area contributed by atoms with Crippen LogP contribution in [0.5, 0.6) is 0 Å². The van der Waals surface area contributed by atoms with Gasteiger partial charge in [0.25, 0.3) is 5.69 Å². The van der Waals surface area contributed by atoms with Gasteiger partial charge in [0.2, 0.25) is 5.91 Å². The topological polar surface area (TPSA) is 122 Å². The molecule has 1 amide bonds. The van der Waals surface area contributed by atoms with Gasteiger partial charge in [-0.25, -0.2) is 4.79 Å². The van der Waals surface area contributed by atoms with Gasteiger partial charge in [-0.2, -0.15) is 0 Å². The fraction of sp³-hybridized carbons (Fsp3) is 0.467. The number of aliphatic carboxylic acids is 1. The summed E-state index contributed by atoms with van der Waals surface area (Å²) in [6, 6.07) is 5.08. The minimum atomic E-state index is -1.06. The smallest absolute Gasteiger partial charge is 0.328 e. The Morgan fingerprint density at radius 3 is 2.71 bits per heavy atom. The molecule has 2 N–H and O–H groups in total. The molecule has 0 bridgehead atoms. The number of benzene rings is 1. The fourth-order valence-electron chi connectivity index (χ4n) is 2.42. The molecular formula is C15H19N3O6. The maximum atomic E-state index is 12.1. The first kappa shape index (κ1) is 17.7. The Morgan fingerprint density at radius 1 is 1.38 bits per heavy atom. The third-order valence-corrected chi connectivity index (χ3v) is 3.71. The number of carbonyl (C=O) groups is 2. The van der Waals surface area contributed by atoms with E-state index >= 15 is 0 Å². The molecule has 0 spiro atoms. The average Bonchev–Trinajstić information content (AvgIpc) is 2.58. The molecule has 0 radical (unpaired) electrons. The van der Waals surface area contributed by atoms with Gasteiger partial charge in [-0.15, -0.1) is 0 Å². The number of nitro groups is 1. The van der Waals surface area contributed by atoms with Gasteiger partial charge >= 0.3 is 5.97 Å². The van der Waals surface area contributed by atoms with Crippen molar-refractivity contribution in [2.75, 3.05) is 31.6 Å². The van der Waals surface area contributed by atoms with Crippen molar-refractivity contribution in [3.05, 3.63) is 34.4 Å². The van der Waals surface area contributed by atoms with Crippen LogP contribution in [0.3, 0.4) is 0 Å². The molecule has 1 aliphatic heterocycles. The van der Waals surface area contributed by atoms with Crippen molar-refractivity contribution < 1.29 is 24.4 Å². The largest absolute Gasteiger partial charge is 0.480 e. The van der Waals surface area contributed by atoms with Crippen LogP contribution in [-0.2, 0) is 14.3 Å². The van der Waals surface area contributed by atoms with Crippen LogP contribution >= 0.6 is 0 Å². The summed E-state index contributed by atoms with van der Waals surface area (Å²) in [6.45, 7) is 1.15. The first-order valence-electron chi connectivity index (χ1n) is 7.57. The van der Waals surface area contributed by atoms with Gasteiger partial charge in [0, 0.05) is 37.3 Å². The SMILES string of the molecule is O=C(O)C1COCCN1C(=O)CCCNc1ccc([N+](=O)[O-])cc1. The van der Waals surface area contributed by atoms with Gasteiger partial charge < -0.3 is 20.1 Å². The third-order valence-electron chi connectivity index (χ3n) is 3.71. The van der Waals surface area contributed by atoms with Crippen molar-refractivity contribution >= 4 is 23.3 Å². The number of nitro benzene ring substituents is 1. The summed E-state index contributed by atoms with van der Waals surface area (Å²) in [7, 11) is 0. The highest BCUT2D eigenvalue weighted by atomic mass is 16.6. The normalized spacial score (nSPS) is 17.3. The lowest BCUT2D eigenvalue weighted by molar-refractivity contribution is -0.384. The fourth-order valence-corrected chi connectivity index (χ4v) is 2.42. The number of rotatable bonds is 7. The van der Waals surface area contributed by atoms with E-state index in [4.69, 9.17) is 9.84 Å². The number of morpholine rings is 1. The summed E-state index contributed by atoms with van der Waals surface area (Å²) >= 11 is 0. The number of non-ortho nitro benzene ring substituents is 1. The van der Waals surface area contributed by atoms with Crippen molar-refractivity contribution in [3.63, 3.8) is 0 Å². The first-order valence-corrected chi connectivity index (χ1v) is 7.57. The molecule has 9 nitrogen and oxygen atoms in total. The highest BCUT2D eigenvalue weighted by molar-refractivity contribution is 5.84. The van der Waals surface area contributed by atoms with E-state index in [1.54, 1.807) is 12.1 Å². The lowest BCUT2D eigenvalue weighted by Crippen LogP contribution is -2.52. The molecule has 1 heterocycles. The lowest BCUT2D eigenvalue weighted by atomic mass is 10.2. The van der Waals surface area contributed by atoms with E-state index in [2.05, 4.69) is 5.32 Å². The lowest BCUT2D eigenvalue weighted by Gasteiger charge is -2.32. The third kappa shape index (κ3) is 4.66. The first-order chi connectivity index (χ1) is 11.5. The van der Waals surface area contributed by atoms with E-state index in [1.165, 1.54) is 17.0 Å². The number of anilines is 1. The zero-order chi connectivity index (χ0) is 17.5. The second-order valence-electron chi connectivity index (χ2n) is 5.35. The van der Waals surface area contributed by atoms with Crippen LogP contribution in [0, 0.1) is 10.1 Å². The number of carboxylic acids is 1. The Morgan fingerprint density at radius 2 is 2.08 bits per heavy atom. The monoisotopic (exact) mass is 337 g/mol. The van der Waals surface area contributed by atoms with Crippen LogP contribution < -0.4 is 5.32 Å². The Balaban J connectivity index is 1.76. The molecule has 9 heteroatoms. The molecular weight excluding hydrogens is 318 g/mol. The molecule has 1 saturated heterocycles. The van der Waals surface area contributed by atoms with Crippen molar-refractivity contribution in [2.24, 2.45) is 0 Å². The Labute approximate surface area is 138 Å². The number of carbonyl (C=O) groups excluding carboxylic acids is 1. The number of hydrogen-bond acceptors (Lipinski definition) is 6. The molecule has 24 heavy (non-hydrogen) atoms. The number of hydrogen-bond donors (Lipinski definition) is 2. The number of nitrogens with one attached hydrogen (secondary N) is 1. The Hall–Kier alpha value is -2.68. The quantitative estimate of drug-likeness (QED) is 0.434. The summed E-state index contributed by atoms with van der Waals surface area (Å²) in [5, 5.41) is 22.7. The molecule has 1 unspecified atom stereocenters. The van der Waals surface area contributed by atoms with Crippen LogP contribution in [0.25, 0.3) is 0 Å². The minimum Gasteiger partial charge on any atom is -0.480 e. The predicted octanol–water partition coefficient (Wildman–Crippen LogP) is 1.10. The van der Waals surface area contributed by atoms with Crippen molar-refractivity contribution in [1.29, 1.82) is 0 Å². The van der Waals surface area contributed by atoms with Crippen LogP contribution in [0.1, 0.15) is 12.8 Å². The summed E-state index contributed by atoms with van der Waals surface area (Å²) in [6.07, 6.45) is 0.753. The Kier molecular flexibility index (Phi) is 6.07. The van der Waals surface area contributed by atoms with E-state index in [-0.39, 0.29) is 31.2 Å². The van der Waals surface area contributed by atoms with Gasteiger partial charge in [-0.3, -0.25) is 14.9 Å². The van der Waals surface area contributed by atoms with E-state index in [0.29, 0.717) is 19.6 Å². The molecule has 0 aromatic heterocycles. The molecule has 0 saturated carbocycles. The van der Waals surface area contributed by atoms with Crippen molar-refractivity contribution in [1.82, 2.24) is 4.90 Å². The van der Waals surface area contributed by atoms with Gasteiger partial charge in [-0.05, 0) is 18.6 Å². The molecule has 0 aliphatic carbocycles. The molecule has 1 aromatic carbocycles. The van der Waals surface area contributed by atoms with E-state index < -0.39 is 16.9 Å². The summed E-state index contributed by atoms with van der Waals surface area (Å²) in [5.41, 5.74) is 0.741. The number of nitrogens with zero attached hydrogens (tertiary/aromatic N) is 2. The zero-order valence-electron chi connectivity index (χ0n) is 13.0. The second kappa shape index (κ2) is 8.25. The van der Waals surface area contributed by atoms with E-state index in [1.807, 2.05) is 0 Å². The van der Waals surface area contributed by atoms with Gasteiger partial charge in [0.15, 0.2) is 6.04 Å². The zero-order valence-corrected chi connectivity index (χ0v) is 13.0. The Bertz CT molecular complexity index is 604. The van der Waals surface area contributed by atoms with Crippen molar-refractivity contribution in [3.8, 4) is 0 Å². The van der Waals surface area contributed by atoms with Crippen molar-refractivity contribution in [2.45, 2.75) is 18.9 Å². The molecule has 1 aliphatic rings. The molecule has 1 fully saturated rings. The highest BCUT2D eigenvalue weighted by Gasteiger charge is 2.32. The maximum Gasteiger partial charge on any atom is 0.328 e. The maximum absolute atomic E-state index is 12.1. The summed E-state index contributed by atoms with van der Waals surface area (Å²) in [4.78, 5) is 34.7. The molecule has 1 aromatic rings. The number of ether oxygens (including phenoxy) is 1.